The highest BCUT2D eigenvalue weighted by molar-refractivity contribution is 5.96. The molecule has 0 atom stereocenters. The largest absolute Gasteiger partial charge is 0.350 e. The van der Waals surface area contributed by atoms with E-state index in [2.05, 4.69) is 10.3 Å². The molecule has 1 amide bonds. The summed E-state index contributed by atoms with van der Waals surface area (Å²) in [6.45, 7) is 3.70. The van der Waals surface area contributed by atoms with Crippen LogP contribution in [-0.4, -0.2) is 21.5 Å². The lowest BCUT2D eigenvalue weighted by molar-refractivity contribution is 0.0941. The van der Waals surface area contributed by atoms with E-state index in [0.717, 1.165) is 5.39 Å². The Balaban J connectivity index is 2.62. The van der Waals surface area contributed by atoms with E-state index in [4.69, 9.17) is 0 Å². The molecule has 0 bridgehead atoms. The van der Waals surface area contributed by atoms with E-state index in [0.29, 0.717) is 5.65 Å². The predicted octanol–water partition coefficient (Wildman–Crippen LogP) is 1.07. The number of amides is 1. The second-order valence-electron chi connectivity index (χ2n) is 4.47. The topological polar surface area (TPSA) is 64.0 Å². The van der Waals surface area contributed by atoms with Gasteiger partial charge in [-0.2, -0.15) is 0 Å². The summed E-state index contributed by atoms with van der Waals surface area (Å²) in [5, 5.41) is 3.49. The SMILES string of the molecule is CC(C)NC(=O)c1cc2cccnc2n(C)c1=O. The van der Waals surface area contributed by atoms with Gasteiger partial charge in [-0.15, -0.1) is 0 Å². The summed E-state index contributed by atoms with van der Waals surface area (Å²) >= 11 is 0. The second-order valence-corrected chi connectivity index (χ2v) is 4.47. The van der Waals surface area contributed by atoms with E-state index in [1.54, 1.807) is 25.4 Å². The fourth-order valence-corrected chi connectivity index (χ4v) is 1.80. The van der Waals surface area contributed by atoms with Gasteiger partial charge in [0.1, 0.15) is 11.2 Å². The molecule has 0 radical (unpaired) electrons. The molecule has 0 aliphatic carbocycles. The van der Waals surface area contributed by atoms with Crippen molar-refractivity contribution in [2.75, 3.05) is 0 Å². The molecule has 0 aliphatic heterocycles. The van der Waals surface area contributed by atoms with Gasteiger partial charge in [-0.25, -0.2) is 4.98 Å². The maximum absolute atomic E-state index is 12.1. The standard InChI is InChI=1S/C13H15N3O2/c1-8(2)15-12(17)10-7-9-5-4-6-14-11(9)16(3)13(10)18/h4-8H,1-3H3,(H,15,17). The molecule has 2 rings (SSSR count). The van der Waals surface area contributed by atoms with Crippen LogP contribution in [0.15, 0.2) is 29.2 Å². The molecule has 0 unspecified atom stereocenters. The van der Waals surface area contributed by atoms with E-state index >= 15 is 0 Å². The third-order valence-electron chi connectivity index (χ3n) is 2.63. The highest BCUT2D eigenvalue weighted by Crippen LogP contribution is 2.09. The normalized spacial score (nSPS) is 10.9. The maximum Gasteiger partial charge on any atom is 0.264 e. The molecule has 0 spiro atoms. The van der Waals surface area contributed by atoms with Crippen molar-refractivity contribution in [1.82, 2.24) is 14.9 Å². The Kier molecular flexibility index (Phi) is 3.14. The number of hydrogen-bond donors (Lipinski definition) is 1. The van der Waals surface area contributed by atoms with Crippen molar-refractivity contribution in [1.29, 1.82) is 0 Å². The summed E-state index contributed by atoms with van der Waals surface area (Å²) in [5.74, 6) is -0.351. The number of aromatic nitrogens is 2. The van der Waals surface area contributed by atoms with Crippen molar-refractivity contribution in [3.05, 3.63) is 40.3 Å². The van der Waals surface area contributed by atoms with Crippen LogP contribution in [0.5, 0.6) is 0 Å². The molecule has 5 nitrogen and oxygen atoms in total. The van der Waals surface area contributed by atoms with Crippen molar-refractivity contribution >= 4 is 16.9 Å². The lowest BCUT2D eigenvalue weighted by Gasteiger charge is -2.10. The highest BCUT2D eigenvalue weighted by atomic mass is 16.2. The van der Waals surface area contributed by atoms with Gasteiger partial charge in [0.15, 0.2) is 0 Å². The van der Waals surface area contributed by atoms with Crippen LogP contribution in [0.4, 0.5) is 0 Å². The van der Waals surface area contributed by atoms with Gasteiger partial charge in [-0.1, -0.05) is 0 Å². The Labute approximate surface area is 104 Å². The molecule has 2 aromatic heterocycles. The molecule has 2 heterocycles. The summed E-state index contributed by atoms with van der Waals surface area (Å²) < 4.78 is 1.39. The Hall–Kier alpha value is -2.17. The zero-order valence-corrected chi connectivity index (χ0v) is 10.6. The van der Waals surface area contributed by atoms with E-state index in [-0.39, 0.29) is 23.1 Å². The third kappa shape index (κ3) is 2.11. The summed E-state index contributed by atoms with van der Waals surface area (Å²) in [6, 6.07) is 5.18. The van der Waals surface area contributed by atoms with Crippen molar-refractivity contribution < 1.29 is 4.79 Å². The number of fused-ring (bicyclic) bond motifs is 1. The van der Waals surface area contributed by atoms with E-state index < -0.39 is 0 Å². The van der Waals surface area contributed by atoms with Gasteiger partial charge in [0.2, 0.25) is 0 Å². The number of carbonyl (C=O) groups is 1. The zero-order valence-electron chi connectivity index (χ0n) is 10.6. The molecule has 0 aromatic carbocycles. The van der Waals surface area contributed by atoms with Crippen LogP contribution in [0.2, 0.25) is 0 Å². The van der Waals surface area contributed by atoms with E-state index in [9.17, 15) is 9.59 Å². The fourth-order valence-electron chi connectivity index (χ4n) is 1.80. The van der Waals surface area contributed by atoms with Crippen molar-refractivity contribution in [2.45, 2.75) is 19.9 Å². The first-order chi connectivity index (χ1) is 8.50. The average molecular weight is 245 g/mol. The number of carbonyl (C=O) groups excluding carboxylic acids is 1. The molecular formula is C13H15N3O2. The van der Waals surface area contributed by atoms with Crippen molar-refractivity contribution in [2.24, 2.45) is 7.05 Å². The average Bonchev–Trinajstić information content (AvgIpc) is 2.33. The van der Waals surface area contributed by atoms with Gasteiger partial charge >= 0.3 is 0 Å². The molecule has 2 aromatic rings. The minimum absolute atomic E-state index is 0.00759. The lowest BCUT2D eigenvalue weighted by Crippen LogP contribution is -2.36. The molecule has 94 valence electrons. The first-order valence-corrected chi connectivity index (χ1v) is 5.76. The molecule has 0 saturated heterocycles. The smallest absolute Gasteiger partial charge is 0.264 e. The first-order valence-electron chi connectivity index (χ1n) is 5.76. The van der Waals surface area contributed by atoms with Gasteiger partial charge in [0, 0.05) is 24.7 Å². The van der Waals surface area contributed by atoms with Gasteiger partial charge in [0.25, 0.3) is 11.5 Å². The monoisotopic (exact) mass is 245 g/mol. The third-order valence-corrected chi connectivity index (χ3v) is 2.63. The van der Waals surface area contributed by atoms with Crippen LogP contribution in [0, 0.1) is 0 Å². The number of pyridine rings is 2. The summed E-state index contributed by atoms with van der Waals surface area (Å²) in [6.07, 6.45) is 1.62. The molecule has 18 heavy (non-hydrogen) atoms. The quantitative estimate of drug-likeness (QED) is 0.860. The van der Waals surface area contributed by atoms with Gasteiger partial charge in [-0.3, -0.25) is 14.2 Å². The molecule has 0 aliphatic rings. The lowest BCUT2D eigenvalue weighted by atomic mass is 10.2. The van der Waals surface area contributed by atoms with Crippen LogP contribution < -0.4 is 10.9 Å². The Morgan fingerprint density at radius 3 is 2.83 bits per heavy atom. The van der Waals surface area contributed by atoms with Crippen LogP contribution in [0.3, 0.4) is 0 Å². The predicted molar refractivity (Wildman–Crippen MR) is 69.6 cm³/mol. The van der Waals surface area contributed by atoms with Crippen LogP contribution in [-0.2, 0) is 7.05 Å². The summed E-state index contributed by atoms with van der Waals surface area (Å²) in [7, 11) is 1.61. The number of hydrogen-bond acceptors (Lipinski definition) is 3. The van der Waals surface area contributed by atoms with Gasteiger partial charge < -0.3 is 5.32 Å². The maximum atomic E-state index is 12.1. The molecule has 0 saturated carbocycles. The van der Waals surface area contributed by atoms with Crippen LogP contribution in [0.1, 0.15) is 24.2 Å². The summed E-state index contributed by atoms with van der Waals surface area (Å²) in [5.41, 5.74) is 0.384. The highest BCUT2D eigenvalue weighted by Gasteiger charge is 2.14. The van der Waals surface area contributed by atoms with Crippen LogP contribution >= 0.6 is 0 Å². The summed E-state index contributed by atoms with van der Waals surface area (Å²) in [4.78, 5) is 28.1. The van der Waals surface area contributed by atoms with Crippen molar-refractivity contribution in [3.63, 3.8) is 0 Å². The first kappa shape index (κ1) is 12.3. The number of nitrogens with one attached hydrogen (secondary N) is 1. The molecule has 1 N–H and O–H groups in total. The Morgan fingerprint density at radius 1 is 1.44 bits per heavy atom. The molecule has 5 heteroatoms. The van der Waals surface area contributed by atoms with Gasteiger partial charge in [0.05, 0.1) is 0 Å². The molecule has 0 fully saturated rings. The number of aryl methyl sites for hydroxylation is 1. The van der Waals surface area contributed by atoms with Crippen molar-refractivity contribution in [3.8, 4) is 0 Å². The molecular weight excluding hydrogens is 230 g/mol. The number of nitrogens with zero attached hydrogens (tertiary/aromatic N) is 2. The van der Waals surface area contributed by atoms with E-state index in [1.165, 1.54) is 4.57 Å². The van der Waals surface area contributed by atoms with E-state index in [1.807, 2.05) is 19.9 Å². The Morgan fingerprint density at radius 2 is 2.17 bits per heavy atom. The van der Waals surface area contributed by atoms with Gasteiger partial charge in [-0.05, 0) is 32.0 Å². The zero-order chi connectivity index (χ0) is 13.3. The minimum atomic E-state index is -0.351. The number of rotatable bonds is 2. The second kappa shape index (κ2) is 4.60. The van der Waals surface area contributed by atoms with Crippen LogP contribution in [0.25, 0.3) is 11.0 Å². The Bertz CT molecular complexity index is 659. The minimum Gasteiger partial charge on any atom is -0.350 e. The fraction of sp³-hybridized carbons (Fsp3) is 0.308.